The van der Waals surface area contributed by atoms with Gasteiger partial charge in [-0.15, -0.1) is 0 Å². The summed E-state index contributed by atoms with van der Waals surface area (Å²) >= 11 is 1.23. The lowest BCUT2D eigenvalue weighted by atomic mass is 10.0. The molecule has 0 radical (unpaired) electrons. The van der Waals surface area contributed by atoms with Crippen molar-refractivity contribution in [2.24, 2.45) is 0 Å². The molecule has 0 saturated heterocycles. The Kier molecular flexibility index (Phi) is 5.17. The monoisotopic (exact) mass is 342 g/mol. The molecule has 3 aromatic rings. The SMILES string of the molecule is CC(NC(=O)CSc1nc2ccccc2o1)C(O)c1ccccc1. The van der Waals surface area contributed by atoms with Gasteiger partial charge in [0.2, 0.25) is 5.91 Å². The smallest absolute Gasteiger partial charge is 0.257 e. The zero-order valence-electron chi connectivity index (χ0n) is 13.2. The predicted molar refractivity (Wildman–Crippen MR) is 93.7 cm³/mol. The molecule has 0 fully saturated rings. The fourth-order valence-corrected chi connectivity index (χ4v) is 3.00. The predicted octanol–water partition coefficient (Wildman–Crippen LogP) is 3.16. The van der Waals surface area contributed by atoms with E-state index in [-0.39, 0.29) is 17.7 Å². The normalized spacial score (nSPS) is 13.6. The molecule has 0 aliphatic heterocycles. The van der Waals surface area contributed by atoms with Crippen LogP contribution in [0.25, 0.3) is 11.1 Å². The number of para-hydroxylation sites is 2. The van der Waals surface area contributed by atoms with E-state index in [4.69, 9.17) is 4.42 Å². The molecule has 2 N–H and O–H groups in total. The molecule has 1 amide bonds. The molecule has 1 heterocycles. The number of amides is 1. The van der Waals surface area contributed by atoms with E-state index < -0.39 is 6.10 Å². The highest BCUT2D eigenvalue weighted by molar-refractivity contribution is 7.99. The fourth-order valence-electron chi connectivity index (χ4n) is 2.35. The second kappa shape index (κ2) is 7.51. The molecule has 24 heavy (non-hydrogen) atoms. The number of carbonyl (C=O) groups excluding carboxylic acids is 1. The van der Waals surface area contributed by atoms with Crippen molar-refractivity contribution in [3.8, 4) is 0 Å². The summed E-state index contributed by atoms with van der Waals surface area (Å²) in [7, 11) is 0. The van der Waals surface area contributed by atoms with Gasteiger partial charge in [-0.25, -0.2) is 4.98 Å². The van der Waals surface area contributed by atoms with Crippen LogP contribution in [0, 0.1) is 0 Å². The van der Waals surface area contributed by atoms with Gasteiger partial charge in [-0.05, 0) is 24.6 Å². The van der Waals surface area contributed by atoms with Gasteiger partial charge in [-0.3, -0.25) is 4.79 Å². The first-order valence-corrected chi connectivity index (χ1v) is 8.63. The molecule has 2 atom stereocenters. The van der Waals surface area contributed by atoms with Crippen LogP contribution < -0.4 is 5.32 Å². The number of aromatic nitrogens is 1. The molecule has 3 rings (SSSR count). The molecule has 0 saturated carbocycles. The minimum atomic E-state index is -0.746. The van der Waals surface area contributed by atoms with Crippen molar-refractivity contribution >= 4 is 28.8 Å². The Labute approximate surface area is 144 Å². The van der Waals surface area contributed by atoms with Crippen molar-refractivity contribution in [1.82, 2.24) is 10.3 Å². The molecular formula is C18H18N2O3S. The van der Waals surface area contributed by atoms with Crippen LogP contribution in [0.5, 0.6) is 0 Å². The summed E-state index contributed by atoms with van der Waals surface area (Å²) in [6, 6.07) is 16.3. The number of nitrogens with zero attached hydrogens (tertiary/aromatic N) is 1. The molecule has 124 valence electrons. The lowest BCUT2D eigenvalue weighted by molar-refractivity contribution is -0.119. The number of aliphatic hydroxyl groups is 1. The lowest BCUT2D eigenvalue weighted by Gasteiger charge is -2.20. The van der Waals surface area contributed by atoms with Crippen molar-refractivity contribution in [2.75, 3.05) is 5.75 Å². The van der Waals surface area contributed by atoms with Gasteiger partial charge in [0.25, 0.3) is 5.22 Å². The van der Waals surface area contributed by atoms with Crippen LogP contribution >= 0.6 is 11.8 Å². The van der Waals surface area contributed by atoms with Gasteiger partial charge >= 0.3 is 0 Å². The minimum Gasteiger partial charge on any atom is -0.431 e. The maximum absolute atomic E-state index is 12.1. The van der Waals surface area contributed by atoms with E-state index in [1.165, 1.54) is 11.8 Å². The largest absolute Gasteiger partial charge is 0.431 e. The van der Waals surface area contributed by atoms with E-state index in [9.17, 15) is 9.90 Å². The third-order valence-electron chi connectivity index (χ3n) is 3.60. The van der Waals surface area contributed by atoms with Crippen molar-refractivity contribution in [2.45, 2.75) is 24.3 Å². The van der Waals surface area contributed by atoms with Crippen LogP contribution in [-0.4, -0.2) is 27.8 Å². The van der Waals surface area contributed by atoms with Crippen LogP contribution in [-0.2, 0) is 4.79 Å². The first kappa shape index (κ1) is 16.5. The first-order valence-electron chi connectivity index (χ1n) is 7.64. The molecule has 2 aromatic carbocycles. The van der Waals surface area contributed by atoms with Gasteiger partial charge in [0.1, 0.15) is 5.52 Å². The summed E-state index contributed by atoms with van der Waals surface area (Å²) in [6.45, 7) is 1.78. The molecule has 2 unspecified atom stereocenters. The topological polar surface area (TPSA) is 75.4 Å². The van der Waals surface area contributed by atoms with E-state index in [1.807, 2.05) is 54.6 Å². The summed E-state index contributed by atoms with van der Waals surface area (Å²) in [6.07, 6.45) is -0.746. The second-order valence-electron chi connectivity index (χ2n) is 5.45. The standard InChI is InChI=1S/C18H18N2O3S/c1-12(17(22)13-7-3-2-4-8-13)19-16(21)11-24-18-20-14-9-5-6-10-15(14)23-18/h2-10,12,17,22H,11H2,1H3,(H,19,21). The van der Waals surface area contributed by atoms with Gasteiger partial charge in [-0.2, -0.15) is 0 Å². The molecular weight excluding hydrogens is 324 g/mol. The Bertz CT molecular complexity index is 786. The van der Waals surface area contributed by atoms with E-state index in [0.717, 1.165) is 11.1 Å². The van der Waals surface area contributed by atoms with E-state index >= 15 is 0 Å². The van der Waals surface area contributed by atoms with Crippen molar-refractivity contribution < 1.29 is 14.3 Å². The number of fused-ring (bicyclic) bond motifs is 1. The summed E-state index contributed by atoms with van der Waals surface area (Å²) < 4.78 is 5.56. The maximum Gasteiger partial charge on any atom is 0.257 e. The van der Waals surface area contributed by atoms with Crippen LogP contribution in [0.4, 0.5) is 0 Å². The molecule has 0 bridgehead atoms. The van der Waals surface area contributed by atoms with E-state index in [2.05, 4.69) is 10.3 Å². The van der Waals surface area contributed by atoms with Gasteiger partial charge in [0.05, 0.1) is 17.9 Å². The zero-order valence-corrected chi connectivity index (χ0v) is 14.0. The molecule has 6 heteroatoms. The summed E-state index contributed by atoms with van der Waals surface area (Å²) in [4.78, 5) is 16.4. The van der Waals surface area contributed by atoms with Crippen molar-refractivity contribution in [3.63, 3.8) is 0 Å². The number of hydrogen-bond acceptors (Lipinski definition) is 5. The second-order valence-corrected chi connectivity index (χ2v) is 6.37. The molecule has 0 aliphatic carbocycles. The Morgan fingerprint density at radius 2 is 1.92 bits per heavy atom. The highest BCUT2D eigenvalue weighted by atomic mass is 32.2. The van der Waals surface area contributed by atoms with Crippen LogP contribution in [0.15, 0.2) is 64.2 Å². The Balaban J connectivity index is 1.53. The molecule has 5 nitrogen and oxygen atoms in total. The van der Waals surface area contributed by atoms with Crippen LogP contribution in [0.2, 0.25) is 0 Å². The summed E-state index contributed by atoms with van der Waals surface area (Å²) in [5.74, 6) is 0.00307. The third-order valence-corrected chi connectivity index (χ3v) is 4.43. The lowest BCUT2D eigenvalue weighted by Crippen LogP contribution is -2.38. The Morgan fingerprint density at radius 1 is 1.21 bits per heavy atom. The number of rotatable bonds is 6. The number of oxazole rings is 1. The fraction of sp³-hybridized carbons (Fsp3) is 0.222. The minimum absolute atomic E-state index is 0.176. The maximum atomic E-state index is 12.1. The summed E-state index contributed by atoms with van der Waals surface area (Å²) in [5.41, 5.74) is 2.25. The summed E-state index contributed by atoms with van der Waals surface area (Å²) in [5, 5.41) is 13.5. The number of nitrogens with one attached hydrogen (secondary N) is 1. The van der Waals surface area contributed by atoms with Gasteiger partial charge in [0, 0.05) is 0 Å². The van der Waals surface area contributed by atoms with E-state index in [1.54, 1.807) is 6.92 Å². The van der Waals surface area contributed by atoms with Gasteiger partial charge in [0.15, 0.2) is 5.58 Å². The molecule has 0 aliphatic rings. The number of carbonyl (C=O) groups is 1. The van der Waals surface area contributed by atoms with Crippen molar-refractivity contribution in [3.05, 3.63) is 60.2 Å². The third kappa shape index (κ3) is 3.96. The molecule has 0 spiro atoms. The van der Waals surface area contributed by atoms with Gasteiger partial charge in [-0.1, -0.05) is 54.2 Å². The first-order chi connectivity index (χ1) is 11.6. The number of benzene rings is 2. The van der Waals surface area contributed by atoms with Crippen molar-refractivity contribution in [1.29, 1.82) is 0 Å². The number of aliphatic hydroxyl groups excluding tert-OH is 1. The highest BCUT2D eigenvalue weighted by Gasteiger charge is 2.18. The zero-order chi connectivity index (χ0) is 16.9. The average molecular weight is 342 g/mol. The van der Waals surface area contributed by atoms with E-state index in [0.29, 0.717) is 10.8 Å². The number of thioether (sulfide) groups is 1. The Hall–Kier alpha value is -2.31. The molecule has 1 aromatic heterocycles. The average Bonchev–Trinajstić information content (AvgIpc) is 3.03. The number of hydrogen-bond donors (Lipinski definition) is 2. The van der Waals surface area contributed by atoms with Crippen LogP contribution in [0.1, 0.15) is 18.6 Å². The highest BCUT2D eigenvalue weighted by Crippen LogP contribution is 2.23. The quantitative estimate of drug-likeness (QED) is 0.673. The van der Waals surface area contributed by atoms with Gasteiger partial charge < -0.3 is 14.8 Å². The van der Waals surface area contributed by atoms with Crippen LogP contribution in [0.3, 0.4) is 0 Å². The Morgan fingerprint density at radius 3 is 2.67 bits per heavy atom.